The summed E-state index contributed by atoms with van der Waals surface area (Å²) in [7, 11) is 0. The van der Waals surface area contributed by atoms with Crippen molar-refractivity contribution in [3.05, 3.63) is 23.5 Å². The Bertz CT molecular complexity index is 363. The number of nitrogens with zero attached hydrogens (tertiary/aromatic N) is 1. The van der Waals surface area contributed by atoms with E-state index in [0.717, 1.165) is 13.0 Å². The minimum Gasteiger partial charge on any atom is -0.336 e. The van der Waals surface area contributed by atoms with Gasteiger partial charge >= 0.3 is 0 Å². The highest BCUT2D eigenvalue weighted by atomic mass is 16.1. The van der Waals surface area contributed by atoms with E-state index < -0.39 is 0 Å². The highest BCUT2D eigenvalue weighted by Crippen LogP contribution is 2.18. The van der Waals surface area contributed by atoms with E-state index in [1.807, 2.05) is 4.57 Å². The summed E-state index contributed by atoms with van der Waals surface area (Å²) < 4.78 is 1.83. The van der Waals surface area contributed by atoms with Gasteiger partial charge in [-0.1, -0.05) is 0 Å². The summed E-state index contributed by atoms with van der Waals surface area (Å²) in [5.41, 5.74) is 1.35. The molecule has 3 heteroatoms. The summed E-state index contributed by atoms with van der Waals surface area (Å²) in [6.45, 7) is 2.32. The number of carbonyl (C=O) groups is 2. The van der Waals surface area contributed by atoms with Crippen LogP contribution in [0.5, 0.6) is 0 Å². The van der Waals surface area contributed by atoms with E-state index in [1.165, 1.54) is 6.92 Å². The Kier molecular flexibility index (Phi) is 1.79. The molecule has 1 aliphatic heterocycles. The van der Waals surface area contributed by atoms with Crippen LogP contribution in [0.15, 0.2) is 12.1 Å². The van der Waals surface area contributed by atoms with E-state index in [1.54, 1.807) is 12.1 Å². The molecular formula is C10H11NO2. The van der Waals surface area contributed by atoms with Crippen molar-refractivity contribution in [2.75, 3.05) is 0 Å². The average molecular weight is 177 g/mol. The topological polar surface area (TPSA) is 39.1 Å². The van der Waals surface area contributed by atoms with Crippen molar-refractivity contribution < 1.29 is 9.59 Å². The summed E-state index contributed by atoms with van der Waals surface area (Å²) in [6, 6.07) is 3.49. The van der Waals surface area contributed by atoms with Crippen molar-refractivity contribution in [3.63, 3.8) is 0 Å². The highest BCUT2D eigenvalue weighted by Gasteiger charge is 2.20. The smallest absolute Gasteiger partial charge is 0.179 e. The summed E-state index contributed by atoms with van der Waals surface area (Å²) >= 11 is 0. The van der Waals surface area contributed by atoms with Crippen LogP contribution in [-0.2, 0) is 6.54 Å². The third kappa shape index (κ3) is 1.20. The fourth-order valence-corrected chi connectivity index (χ4v) is 1.79. The standard InChI is InChI=1S/C10H11NO2/c1-7(12)8-4-5-9-10(13)3-2-6-11(8)9/h4-5H,2-3,6H2,1H3. The number of hydrogen-bond donors (Lipinski definition) is 0. The van der Waals surface area contributed by atoms with Gasteiger partial charge in [-0.15, -0.1) is 0 Å². The maximum absolute atomic E-state index is 11.4. The Morgan fingerprint density at radius 1 is 1.46 bits per heavy atom. The van der Waals surface area contributed by atoms with Crippen molar-refractivity contribution in [3.8, 4) is 0 Å². The lowest BCUT2D eigenvalue weighted by molar-refractivity contribution is 0.0952. The number of carbonyl (C=O) groups excluding carboxylic acids is 2. The average Bonchev–Trinajstić information content (AvgIpc) is 2.48. The van der Waals surface area contributed by atoms with Crippen LogP contribution in [0.25, 0.3) is 0 Å². The summed E-state index contributed by atoms with van der Waals surface area (Å²) in [5.74, 6) is 0.180. The molecule has 0 saturated heterocycles. The molecule has 0 bridgehead atoms. The fourth-order valence-electron chi connectivity index (χ4n) is 1.79. The number of rotatable bonds is 1. The van der Waals surface area contributed by atoms with Gasteiger partial charge in [0.2, 0.25) is 0 Å². The highest BCUT2D eigenvalue weighted by molar-refractivity contribution is 5.99. The minimum atomic E-state index is 0.0287. The first-order valence-corrected chi connectivity index (χ1v) is 4.44. The van der Waals surface area contributed by atoms with Crippen molar-refractivity contribution >= 4 is 11.6 Å². The fraction of sp³-hybridized carbons (Fsp3) is 0.400. The molecule has 0 spiro atoms. The predicted molar refractivity (Wildman–Crippen MR) is 48.0 cm³/mol. The first kappa shape index (κ1) is 8.23. The van der Waals surface area contributed by atoms with Gasteiger partial charge in [0.25, 0.3) is 0 Å². The maximum Gasteiger partial charge on any atom is 0.179 e. The van der Waals surface area contributed by atoms with Gasteiger partial charge in [0, 0.05) is 19.9 Å². The van der Waals surface area contributed by atoms with Gasteiger partial charge in [0.15, 0.2) is 11.6 Å². The molecule has 0 saturated carbocycles. The molecule has 0 amide bonds. The van der Waals surface area contributed by atoms with Gasteiger partial charge < -0.3 is 4.57 Å². The SMILES string of the molecule is CC(=O)c1ccc2n1CCCC2=O. The molecule has 68 valence electrons. The Morgan fingerprint density at radius 3 is 2.92 bits per heavy atom. The molecule has 0 fully saturated rings. The second-order valence-electron chi connectivity index (χ2n) is 3.34. The van der Waals surface area contributed by atoms with Crippen LogP contribution in [0, 0.1) is 0 Å². The first-order chi connectivity index (χ1) is 6.20. The lowest BCUT2D eigenvalue weighted by atomic mass is 10.1. The lowest BCUT2D eigenvalue weighted by Crippen LogP contribution is -2.19. The zero-order valence-electron chi connectivity index (χ0n) is 7.54. The first-order valence-electron chi connectivity index (χ1n) is 4.44. The van der Waals surface area contributed by atoms with Gasteiger partial charge in [-0.05, 0) is 18.6 Å². The van der Waals surface area contributed by atoms with Crippen LogP contribution in [-0.4, -0.2) is 16.1 Å². The van der Waals surface area contributed by atoms with Gasteiger partial charge in [0.1, 0.15) is 0 Å². The molecule has 1 aromatic heterocycles. The van der Waals surface area contributed by atoms with Crippen molar-refractivity contribution in [2.24, 2.45) is 0 Å². The second-order valence-corrected chi connectivity index (χ2v) is 3.34. The van der Waals surface area contributed by atoms with E-state index in [9.17, 15) is 9.59 Å². The summed E-state index contributed by atoms with van der Waals surface area (Å²) in [6.07, 6.45) is 1.46. The summed E-state index contributed by atoms with van der Waals surface area (Å²) in [5, 5.41) is 0. The van der Waals surface area contributed by atoms with Crippen molar-refractivity contribution in [1.82, 2.24) is 4.57 Å². The van der Waals surface area contributed by atoms with Gasteiger partial charge in [-0.2, -0.15) is 0 Å². The second kappa shape index (κ2) is 2.83. The van der Waals surface area contributed by atoms with Crippen LogP contribution in [0.1, 0.15) is 40.7 Å². The molecule has 0 unspecified atom stereocenters. The third-order valence-corrected chi connectivity index (χ3v) is 2.41. The largest absolute Gasteiger partial charge is 0.336 e. The van der Waals surface area contributed by atoms with E-state index in [-0.39, 0.29) is 11.6 Å². The van der Waals surface area contributed by atoms with Gasteiger partial charge in [-0.3, -0.25) is 9.59 Å². The van der Waals surface area contributed by atoms with Gasteiger partial charge in [0.05, 0.1) is 11.4 Å². The molecule has 0 aromatic carbocycles. The number of ketones is 2. The van der Waals surface area contributed by atoms with E-state index in [2.05, 4.69) is 0 Å². The van der Waals surface area contributed by atoms with Crippen LogP contribution < -0.4 is 0 Å². The molecule has 13 heavy (non-hydrogen) atoms. The number of aromatic nitrogens is 1. The molecule has 1 aromatic rings. The van der Waals surface area contributed by atoms with Crippen molar-refractivity contribution in [1.29, 1.82) is 0 Å². The monoisotopic (exact) mass is 177 g/mol. The zero-order chi connectivity index (χ0) is 9.42. The number of hydrogen-bond acceptors (Lipinski definition) is 2. The third-order valence-electron chi connectivity index (χ3n) is 2.41. The normalized spacial score (nSPS) is 15.6. The van der Waals surface area contributed by atoms with Crippen LogP contribution >= 0.6 is 0 Å². The molecule has 2 heterocycles. The van der Waals surface area contributed by atoms with Gasteiger partial charge in [-0.25, -0.2) is 0 Å². The molecule has 3 nitrogen and oxygen atoms in total. The quantitative estimate of drug-likeness (QED) is 0.612. The van der Waals surface area contributed by atoms with Crippen LogP contribution in [0.2, 0.25) is 0 Å². The molecule has 0 N–H and O–H groups in total. The van der Waals surface area contributed by atoms with E-state index in [4.69, 9.17) is 0 Å². The molecule has 1 aliphatic rings. The Morgan fingerprint density at radius 2 is 2.23 bits per heavy atom. The Hall–Kier alpha value is -1.38. The van der Waals surface area contributed by atoms with Crippen molar-refractivity contribution in [2.45, 2.75) is 26.3 Å². The predicted octanol–water partition coefficient (Wildman–Crippen LogP) is 1.67. The molecule has 0 atom stereocenters. The molecule has 2 rings (SSSR count). The Labute approximate surface area is 76.4 Å². The lowest BCUT2D eigenvalue weighted by Gasteiger charge is -2.15. The number of fused-ring (bicyclic) bond motifs is 1. The van der Waals surface area contributed by atoms with E-state index >= 15 is 0 Å². The molecule has 0 radical (unpaired) electrons. The molecule has 0 aliphatic carbocycles. The van der Waals surface area contributed by atoms with E-state index in [0.29, 0.717) is 17.8 Å². The number of Topliss-reactive ketones (excluding diaryl/α,β-unsaturated/α-hetero) is 2. The maximum atomic E-state index is 11.4. The minimum absolute atomic E-state index is 0.0287. The summed E-state index contributed by atoms with van der Waals surface area (Å²) in [4.78, 5) is 22.5. The zero-order valence-corrected chi connectivity index (χ0v) is 7.54. The Balaban J connectivity index is 2.53. The van der Waals surface area contributed by atoms with Crippen LogP contribution in [0.4, 0.5) is 0 Å². The van der Waals surface area contributed by atoms with Crippen LogP contribution in [0.3, 0.4) is 0 Å². The molecular weight excluding hydrogens is 166 g/mol.